The number of amides is 1. The van der Waals surface area contributed by atoms with Gasteiger partial charge in [-0.1, -0.05) is 0 Å². The lowest BCUT2D eigenvalue weighted by atomic mass is 10.3. The maximum atomic E-state index is 10.3. The van der Waals surface area contributed by atoms with E-state index < -0.39 is 0 Å². The van der Waals surface area contributed by atoms with Crippen LogP contribution in [0.15, 0.2) is 11.6 Å². The van der Waals surface area contributed by atoms with Gasteiger partial charge in [-0.2, -0.15) is 0 Å². The lowest BCUT2D eigenvalue weighted by Crippen LogP contribution is -2.40. The summed E-state index contributed by atoms with van der Waals surface area (Å²) in [5.41, 5.74) is 0. The Morgan fingerprint density at radius 2 is 2.69 bits per heavy atom. The number of carbonyl (C=O) groups excluding carboxylic acids is 1. The number of hydrogen-bond donors (Lipinski definition) is 1. The molecule has 1 aliphatic rings. The highest BCUT2D eigenvalue weighted by Crippen LogP contribution is 2.25. The average molecular weight is 197 g/mol. The highest BCUT2D eigenvalue weighted by molar-refractivity contribution is 7.13. The Balaban J connectivity index is 2.09. The van der Waals surface area contributed by atoms with Crippen LogP contribution in [0.4, 0.5) is 5.13 Å². The summed E-state index contributed by atoms with van der Waals surface area (Å²) in [4.78, 5) is 16.7. The topological polar surface area (TPSA) is 45.2 Å². The number of rotatable bonds is 3. The Morgan fingerprint density at radius 1 is 1.77 bits per heavy atom. The van der Waals surface area contributed by atoms with E-state index in [-0.39, 0.29) is 6.17 Å². The summed E-state index contributed by atoms with van der Waals surface area (Å²) >= 11 is 1.61. The minimum atomic E-state index is 0.142. The van der Waals surface area contributed by atoms with Crippen LogP contribution in [-0.2, 0) is 4.79 Å². The lowest BCUT2D eigenvalue weighted by molar-refractivity contribution is -0.110. The van der Waals surface area contributed by atoms with Crippen LogP contribution in [0.5, 0.6) is 0 Å². The fourth-order valence-corrected chi connectivity index (χ4v) is 2.32. The zero-order valence-corrected chi connectivity index (χ0v) is 7.96. The SMILES string of the molecule is O=CNC1CCCN1c1nccs1. The molecular weight excluding hydrogens is 186 g/mol. The Labute approximate surface area is 80.6 Å². The fraction of sp³-hybridized carbons (Fsp3) is 0.500. The first-order valence-electron chi connectivity index (χ1n) is 4.27. The van der Waals surface area contributed by atoms with E-state index >= 15 is 0 Å². The van der Waals surface area contributed by atoms with Gasteiger partial charge < -0.3 is 10.2 Å². The third kappa shape index (κ3) is 1.65. The molecule has 0 radical (unpaired) electrons. The number of nitrogens with one attached hydrogen (secondary N) is 1. The molecule has 70 valence electrons. The Kier molecular flexibility index (Phi) is 2.44. The number of hydrogen-bond acceptors (Lipinski definition) is 4. The molecule has 4 nitrogen and oxygen atoms in total. The quantitative estimate of drug-likeness (QED) is 0.729. The zero-order chi connectivity index (χ0) is 9.10. The van der Waals surface area contributed by atoms with Crippen molar-refractivity contribution in [1.29, 1.82) is 0 Å². The van der Waals surface area contributed by atoms with Crippen molar-refractivity contribution in [2.24, 2.45) is 0 Å². The number of aromatic nitrogens is 1. The molecule has 0 saturated carbocycles. The second kappa shape index (κ2) is 3.74. The monoisotopic (exact) mass is 197 g/mol. The molecule has 1 amide bonds. The summed E-state index contributed by atoms with van der Waals surface area (Å²) in [6.07, 6.45) is 4.82. The van der Waals surface area contributed by atoms with Gasteiger partial charge in [0.15, 0.2) is 5.13 Å². The van der Waals surface area contributed by atoms with Gasteiger partial charge in [-0.25, -0.2) is 4.98 Å². The van der Waals surface area contributed by atoms with Crippen molar-refractivity contribution >= 4 is 22.9 Å². The van der Waals surface area contributed by atoms with Gasteiger partial charge in [0.1, 0.15) is 6.17 Å². The normalized spacial score (nSPS) is 21.8. The highest BCUT2D eigenvalue weighted by atomic mass is 32.1. The molecule has 1 atom stereocenters. The third-order valence-corrected chi connectivity index (χ3v) is 2.99. The molecule has 1 aromatic rings. The summed E-state index contributed by atoms with van der Waals surface area (Å²) in [6.45, 7) is 0.985. The molecule has 1 fully saturated rings. The van der Waals surface area contributed by atoms with Crippen LogP contribution in [0.1, 0.15) is 12.8 Å². The Bertz CT molecular complexity index is 275. The van der Waals surface area contributed by atoms with E-state index in [0.29, 0.717) is 0 Å². The molecule has 2 rings (SSSR count). The van der Waals surface area contributed by atoms with Gasteiger partial charge in [0.05, 0.1) is 0 Å². The molecule has 1 aliphatic heterocycles. The van der Waals surface area contributed by atoms with Crippen molar-refractivity contribution in [2.45, 2.75) is 19.0 Å². The largest absolute Gasteiger partial charge is 0.338 e. The highest BCUT2D eigenvalue weighted by Gasteiger charge is 2.25. The predicted octanol–water partition coefficient (Wildman–Crippen LogP) is 0.815. The van der Waals surface area contributed by atoms with Crippen molar-refractivity contribution in [3.05, 3.63) is 11.6 Å². The van der Waals surface area contributed by atoms with Crippen LogP contribution >= 0.6 is 11.3 Å². The van der Waals surface area contributed by atoms with Crippen molar-refractivity contribution in [2.75, 3.05) is 11.4 Å². The second-order valence-corrected chi connectivity index (χ2v) is 3.82. The lowest BCUT2D eigenvalue weighted by Gasteiger charge is -2.22. The first-order valence-corrected chi connectivity index (χ1v) is 5.15. The standard InChI is InChI=1S/C8H11N3OS/c12-6-10-7-2-1-4-11(7)8-9-3-5-13-8/h3,5-7H,1-2,4H2,(H,10,12). The maximum Gasteiger partial charge on any atom is 0.208 e. The van der Waals surface area contributed by atoms with E-state index in [1.54, 1.807) is 17.5 Å². The van der Waals surface area contributed by atoms with E-state index in [0.717, 1.165) is 30.9 Å². The number of nitrogens with zero attached hydrogens (tertiary/aromatic N) is 2. The van der Waals surface area contributed by atoms with Crippen molar-refractivity contribution in [3.63, 3.8) is 0 Å². The summed E-state index contributed by atoms with van der Waals surface area (Å²) in [5.74, 6) is 0. The van der Waals surface area contributed by atoms with E-state index in [1.165, 1.54) is 0 Å². The second-order valence-electron chi connectivity index (χ2n) is 2.95. The van der Waals surface area contributed by atoms with Gasteiger partial charge in [0.25, 0.3) is 0 Å². The van der Waals surface area contributed by atoms with Crippen LogP contribution in [0.2, 0.25) is 0 Å². The first-order chi connectivity index (χ1) is 6.42. The number of anilines is 1. The average Bonchev–Trinajstić information content (AvgIpc) is 2.71. The van der Waals surface area contributed by atoms with Crippen LogP contribution < -0.4 is 10.2 Å². The van der Waals surface area contributed by atoms with Crippen molar-refractivity contribution in [3.8, 4) is 0 Å². The molecule has 0 bridgehead atoms. The Morgan fingerprint density at radius 3 is 3.38 bits per heavy atom. The van der Waals surface area contributed by atoms with Gasteiger partial charge in [-0.05, 0) is 12.8 Å². The van der Waals surface area contributed by atoms with Gasteiger partial charge in [-0.15, -0.1) is 11.3 Å². The van der Waals surface area contributed by atoms with E-state index in [2.05, 4.69) is 15.2 Å². The van der Waals surface area contributed by atoms with Crippen LogP contribution in [0.25, 0.3) is 0 Å². The van der Waals surface area contributed by atoms with Gasteiger partial charge in [-0.3, -0.25) is 4.79 Å². The fourth-order valence-electron chi connectivity index (χ4n) is 1.61. The zero-order valence-electron chi connectivity index (χ0n) is 7.14. The summed E-state index contributed by atoms with van der Waals surface area (Å²) < 4.78 is 0. The first kappa shape index (κ1) is 8.50. The van der Waals surface area contributed by atoms with Crippen molar-refractivity contribution < 1.29 is 4.79 Å². The molecule has 1 aromatic heterocycles. The predicted molar refractivity (Wildman–Crippen MR) is 51.7 cm³/mol. The van der Waals surface area contributed by atoms with Crippen LogP contribution in [-0.4, -0.2) is 24.1 Å². The minimum Gasteiger partial charge on any atom is -0.338 e. The van der Waals surface area contributed by atoms with Gasteiger partial charge in [0, 0.05) is 18.1 Å². The summed E-state index contributed by atoms with van der Waals surface area (Å²) in [6, 6.07) is 0. The van der Waals surface area contributed by atoms with Crippen LogP contribution in [0.3, 0.4) is 0 Å². The van der Waals surface area contributed by atoms with E-state index in [9.17, 15) is 4.79 Å². The maximum absolute atomic E-state index is 10.3. The summed E-state index contributed by atoms with van der Waals surface area (Å²) in [7, 11) is 0. The molecule has 1 saturated heterocycles. The summed E-state index contributed by atoms with van der Waals surface area (Å²) in [5, 5.41) is 5.74. The van der Waals surface area contributed by atoms with Gasteiger partial charge in [0.2, 0.25) is 6.41 Å². The van der Waals surface area contributed by atoms with Crippen molar-refractivity contribution in [1.82, 2.24) is 10.3 Å². The van der Waals surface area contributed by atoms with Gasteiger partial charge >= 0.3 is 0 Å². The van der Waals surface area contributed by atoms with E-state index in [1.807, 2.05) is 5.38 Å². The molecule has 2 heterocycles. The molecule has 5 heteroatoms. The molecular formula is C8H11N3OS. The minimum absolute atomic E-state index is 0.142. The molecule has 1 unspecified atom stereocenters. The molecule has 0 aliphatic carbocycles. The molecule has 1 N–H and O–H groups in total. The molecule has 0 spiro atoms. The number of thiazole rings is 1. The molecule has 13 heavy (non-hydrogen) atoms. The third-order valence-electron chi connectivity index (χ3n) is 2.18. The smallest absolute Gasteiger partial charge is 0.208 e. The van der Waals surface area contributed by atoms with E-state index in [4.69, 9.17) is 0 Å². The Hall–Kier alpha value is -1.10. The van der Waals surface area contributed by atoms with Crippen LogP contribution in [0, 0.1) is 0 Å². The number of carbonyl (C=O) groups is 1. The molecule has 0 aromatic carbocycles.